The van der Waals surface area contributed by atoms with Crippen LogP contribution in [0.15, 0.2) is 29.7 Å². The first-order chi connectivity index (χ1) is 11.6. The summed E-state index contributed by atoms with van der Waals surface area (Å²) in [6.45, 7) is 6.00. The number of carbonyl (C=O) groups is 1. The van der Waals surface area contributed by atoms with Gasteiger partial charge < -0.3 is 15.1 Å². The lowest BCUT2D eigenvalue weighted by Crippen LogP contribution is -2.39. The monoisotopic (exact) mass is 325 g/mol. The molecule has 0 unspecified atom stereocenters. The van der Waals surface area contributed by atoms with Crippen molar-refractivity contribution < 1.29 is 4.79 Å². The van der Waals surface area contributed by atoms with Gasteiger partial charge in [0.2, 0.25) is 0 Å². The number of hydrogen-bond acceptors (Lipinski definition) is 5. The van der Waals surface area contributed by atoms with Crippen molar-refractivity contribution in [1.29, 1.82) is 5.26 Å². The van der Waals surface area contributed by atoms with Gasteiger partial charge in [0.25, 0.3) is 5.91 Å². The van der Waals surface area contributed by atoms with E-state index in [0.717, 1.165) is 37.3 Å². The average Bonchev–Trinajstić information content (AvgIpc) is 3.03. The molecule has 3 heterocycles. The summed E-state index contributed by atoms with van der Waals surface area (Å²) in [6, 6.07) is 4.15. The van der Waals surface area contributed by atoms with Crippen LogP contribution in [0.1, 0.15) is 33.1 Å². The third-order valence-electron chi connectivity index (χ3n) is 4.60. The fraction of sp³-hybridized carbons (Fsp3) is 0.500. The molecule has 1 N–H and O–H groups in total. The van der Waals surface area contributed by atoms with Crippen LogP contribution in [0.25, 0.3) is 0 Å². The van der Waals surface area contributed by atoms with Crippen LogP contribution in [-0.4, -0.2) is 35.5 Å². The highest BCUT2D eigenvalue weighted by molar-refractivity contribution is 5.97. The van der Waals surface area contributed by atoms with E-state index >= 15 is 0 Å². The predicted molar refractivity (Wildman–Crippen MR) is 93.1 cm³/mol. The number of anilines is 2. The Morgan fingerprint density at radius 1 is 1.33 bits per heavy atom. The highest BCUT2D eigenvalue weighted by Crippen LogP contribution is 2.34. The second-order valence-corrected chi connectivity index (χ2v) is 6.54. The molecular formula is C18H23N5O. The van der Waals surface area contributed by atoms with E-state index in [1.165, 1.54) is 6.42 Å². The van der Waals surface area contributed by atoms with Gasteiger partial charge in [0, 0.05) is 19.3 Å². The van der Waals surface area contributed by atoms with Gasteiger partial charge in [-0.05, 0) is 31.2 Å². The summed E-state index contributed by atoms with van der Waals surface area (Å²) in [5.74, 6) is -0.0104. The molecule has 2 aliphatic heterocycles. The number of pyridine rings is 1. The van der Waals surface area contributed by atoms with E-state index < -0.39 is 0 Å². The lowest BCUT2D eigenvalue weighted by molar-refractivity contribution is -0.128. The molecule has 0 spiro atoms. The molecule has 1 amide bonds. The number of likely N-dealkylation sites (tertiary alicyclic amines) is 1. The highest BCUT2D eigenvalue weighted by atomic mass is 16.2. The summed E-state index contributed by atoms with van der Waals surface area (Å²) in [4.78, 5) is 20.9. The number of amides is 1. The highest BCUT2D eigenvalue weighted by Gasteiger charge is 2.30. The molecule has 0 aliphatic carbocycles. The van der Waals surface area contributed by atoms with E-state index in [0.29, 0.717) is 17.9 Å². The van der Waals surface area contributed by atoms with Crippen LogP contribution >= 0.6 is 0 Å². The molecule has 0 saturated carbocycles. The van der Waals surface area contributed by atoms with E-state index in [1.807, 2.05) is 29.7 Å². The van der Waals surface area contributed by atoms with Crippen LogP contribution in [0.2, 0.25) is 0 Å². The molecule has 6 heteroatoms. The number of nitrogens with zero attached hydrogens (tertiary/aromatic N) is 4. The Morgan fingerprint density at radius 2 is 2.08 bits per heavy atom. The number of nitriles is 1. The molecular weight excluding hydrogens is 302 g/mol. The lowest BCUT2D eigenvalue weighted by atomic mass is 9.97. The summed E-state index contributed by atoms with van der Waals surface area (Å²) in [7, 11) is 0. The summed E-state index contributed by atoms with van der Waals surface area (Å²) >= 11 is 0. The van der Waals surface area contributed by atoms with Crippen LogP contribution < -0.4 is 10.2 Å². The van der Waals surface area contributed by atoms with E-state index in [2.05, 4.69) is 16.4 Å². The standard InChI is InChI=1S/C18H23N5O/c1-13(2)17(18(24)22-8-4-3-5-9-22)16(10-19)23-12-21-14-11-20-7-6-15(14)23/h6-7,11,13,21H,3-5,8-9,12H2,1-2H3/b17-16+. The fourth-order valence-corrected chi connectivity index (χ4v) is 3.36. The maximum atomic E-state index is 13.1. The summed E-state index contributed by atoms with van der Waals surface area (Å²) in [5.41, 5.74) is 2.83. The predicted octanol–water partition coefficient (Wildman–Crippen LogP) is 2.72. The van der Waals surface area contributed by atoms with E-state index in [4.69, 9.17) is 0 Å². The van der Waals surface area contributed by atoms with Crippen molar-refractivity contribution in [3.8, 4) is 6.07 Å². The van der Waals surface area contributed by atoms with Gasteiger partial charge in [-0.25, -0.2) is 0 Å². The maximum absolute atomic E-state index is 13.1. The van der Waals surface area contributed by atoms with Crippen LogP contribution in [0, 0.1) is 17.2 Å². The normalized spacial score (nSPS) is 17.9. The van der Waals surface area contributed by atoms with Gasteiger partial charge in [-0.15, -0.1) is 0 Å². The molecule has 1 saturated heterocycles. The van der Waals surface area contributed by atoms with Crippen LogP contribution in [0.5, 0.6) is 0 Å². The molecule has 2 aliphatic rings. The number of rotatable bonds is 3. The zero-order valence-electron chi connectivity index (χ0n) is 14.2. The van der Waals surface area contributed by atoms with Gasteiger partial charge in [0.15, 0.2) is 0 Å². The van der Waals surface area contributed by atoms with Crippen molar-refractivity contribution in [3.05, 3.63) is 29.7 Å². The van der Waals surface area contributed by atoms with E-state index in [-0.39, 0.29) is 11.8 Å². The third-order valence-corrected chi connectivity index (χ3v) is 4.60. The zero-order valence-corrected chi connectivity index (χ0v) is 14.2. The van der Waals surface area contributed by atoms with Crippen molar-refractivity contribution in [2.75, 3.05) is 30.0 Å². The second-order valence-electron chi connectivity index (χ2n) is 6.54. The minimum atomic E-state index is -0.0139. The zero-order chi connectivity index (χ0) is 17.1. The van der Waals surface area contributed by atoms with E-state index in [1.54, 1.807) is 12.4 Å². The minimum Gasteiger partial charge on any atom is -0.364 e. The Bertz CT molecular complexity index is 698. The summed E-state index contributed by atoms with van der Waals surface area (Å²) in [6.07, 6.45) is 6.70. The van der Waals surface area contributed by atoms with Crippen molar-refractivity contribution in [3.63, 3.8) is 0 Å². The van der Waals surface area contributed by atoms with Gasteiger partial charge in [0.05, 0.1) is 29.8 Å². The molecule has 1 fully saturated rings. The molecule has 6 nitrogen and oxygen atoms in total. The third kappa shape index (κ3) is 2.94. The van der Waals surface area contributed by atoms with E-state index in [9.17, 15) is 10.1 Å². The number of aromatic nitrogens is 1. The Hall–Kier alpha value is -2.55. The first-order valence-corrected chi connectivity index (χ1v) is 8.52. The molecule has 24 heavy (non-hydrogen) atoms. The SMILES string of the molecule is CC(C)/C(C(=O)N1CCCCC1)=C(/C#N)N1CNc2cnccc21. The van der Waals surface area contributed by atoms with Gasteiger partial charge in [-0.3, -0.25) is 9.78 Å². The Labute approximate surface area is 142 Å². The first-order valence-electron chi connectivity index (χ1n) is 8.52. The van der Waals surface area contributed by atoms with Crippen LogP contribution in [0.4, 0.5) is 11.4 Å². The molecule has 0 radical (unpaired) electrons. The van der Waals surface area contributed by atoms with Crippen molar-refractivity contribution in [2.24, 2.45) is 5.92 Å². The van der Waals surface area contributed by atoms with Crippen LogP contribution in [-0.2, 0) is 4.79 Å². The molecule has 1 aromatic heterocycles. The molecule has 3 rings (SSSR count). The molecule has 126 valence electrons. The number of hydrogen-bond donors (Lipinski definition) is 1. The van der Waals surface area contributed by atoms with Crippen LogP contribution in [0.3, 0.4) is 0 Å². The summed E-state index contributed by atoms with van der Waals surface area (Å²) in [5, 5.41) is 13.0. The number of piperidine rings is 1. The number of fused-ring (bicyclic) bond motifs is 1. The fourth-order valence-electron chi connectivity index (χ4n) is 3.36. The second kappa shape index (κ2) is 6.91. The first kappa shape index (κ1) is 16.3. The Kier molecular flexibility index (Phi) is 4.70. The smallest absolute Gasteiger partial charge is 0.252 e. The number of carbonyl (C=O) groups excluding carboxylic acids is 1. The Balaban J connectivity index is 2.00. The van der Waals surface area contributed by atoms with Crippen molar-refractivity contribution >= 4 is 17.3 Å². The summed E-state index contributed by atoms with van der Waals surface area (Å²) < 4.78 is 0. The average molecular weight is 325 g/mol. The Morgan fingerprint density at radius 3 is 2.75 bits per heavy atom. The molecule has 0 atom stereocenters. The minimum absolute atomic E-state index is 0.00348. The van der Waals surface area contributed by atoms with Gasteiger partial charge in [0.1, 0.15) is 11.8 Å². The topological polar surface area (TPSA) is 72.3 Å². The largest absolute Gasteiger partial charge is 0.364 e. The quantitative estimate of drug-likeness (QED) is 0.683. The van der Waals surface area contributed by atoms with Crippen molar-refractivity contribution in [1.82, 2.24) is 9.88 Å². The van der Waals surface area contributed by atoms with Gasteiger partial charge in [-0.1, -0.05) is 13.8 Å². The molecule has 0 bridgehead atoms. The number of allylic oxidation sites excluding steroid dienone is 1. The molecule has 1 aromatic rings. The number of nitrogens with one attached hydrogen (secondary N) is 1. The van der Waals surface area contributed by atoms with Gasteiger partial charge in [-0.2, -0.15) is 5.26 Å². The maximum Gasteiger partial charge on any atom is 0.252 e. The molecule has 0 aromatic carbocycles. The van der Waals surface area contributed by atoms with Gasteiger partial charge >= 0.3 is 0 Å². The lowest BCUT2D eigenvalue weighted by Gasteiger charge is -2.30. The van der Waals surface area contributed by atoms with Crippen molar-refractivity contribution in [2.45, 2.75) is 33.1 Å².